The van der Waals surface area contributed by atoms with Crippen molar-refractivity contribution in [1.29, 1.82) is 0 Å². The molecule has 0 aromatic heterocycles. The maximum absolute atomic E-state index is 10.2. The Balaban J connectivity index is 2.78. The number of unbranched alkanes of at least 4 members (excludes halogenated alkanes) is 9. The highest BCUT2D eigenvalue weighted by Crippen LogP contribution is 2.11. The summed E-state index contributed by atoms with van der Waals surface area (Å²) < 4.78 is 0. The molecule has 0 saturated heterocycles. The van der Waals surface area contributed by atoms with Crippen molar-refractivity contribution in [3.05, 3.63) is 0 Å². The fourth-order valence-corrected chi connectivity index (χ4v) is 2.17. The average Bonchev–Trinajstić information content (AvgIpc) is 2.21. The summed E-state index contributed by atoms with van der Waals surface area (Å²) in [5.41, 5.74) is 0. The van der Waals surface area contributed by atoms with Crippen molar-refractivity contribution in [2.24, 2.45) is 0 Å². The second-order valence-corrected chi connectivity index (χ2v) is 5.05. The number of rotatable bonds is 11. The third-order valence-corrected chi connectivity index (χ3v) is 3.32. The summed E-state index contributed by atoms with van der Waals surface area (Å²) in [7, 11) is -0.485. The molecule has 0 aliphatic rings. The highest BCUT2D eigenvalue weighted by atomic mass is 31.1. The van der Waals surface area contributed by atoms with Crippen LogP contribution in [0.5, 0.6) is 0 Å². The summed E-state index contributed by atoms with van der Waals surface area (Å²) in [4.78, 5) is 10.2. The van der Waals surface area contributed by atoms with Gasteiger partial charge in [-0.25, -0.2) is 0 Å². The minimum atomic E-state index is -0.485. The van der Waals surface area contributed by atoms with Gasteiger partial charge in [0.05, 0.1) is 0 Å². The van der Waals surface area contributed by atoms with Gasteiger partial charge in [-0.1, -0.05) is 67.1 Å². The van der Waals surface area contributed by atoms with E-state index in [2.05, 4.69) is 6.92 Å². The van der Waals surface area contributed by atoms with E-state index in [0.29, 0.717) is 0 Å². The number of hydrogen-bond acceptors (Lipinski definition) is 1. The van der Waals surface area contributed by atoms with Crippen LogP contribution in [0.2, 0.25) is 0 Å². The van der Waals surface area contributed by atoms with Gasteiger partial charge in [0.1, 0.15) is 0 Å². The molecule has 0 aromatic rings. The van der Waals surface area contributed by atoms with Gasteiger partial charge in [0.25, 0.3) is 0 Å². The maximum atomic E-state index is 10.2. The van der Waals surface area contributed by atoms with Gasteiger partial charge >= 0.3 is 0 Å². The quantitative estimate of drug-likeness (QED) is 0.384. The standard InChI is InChI=1S/C12H27OP/c1-2-3-4-5-6-7-8-9-10-11-12-14-13/h2-12,14H2,1H3. The molecule has 14 heavy (non-hydrogen) atoms. The molecular weight excluding hydrogens is 191 g/mol. The molecule has 0 fully saturated rings. The van der Waals surface area contributed by atoms with Crippen LogP contribution in [-0.4, -0.2) is 6.16 Å². The van der Waals surface area contributed by atoms with Crippen molar-refractivity contribution >= 4 is 8.81 Å². The van der Waals surface area contributed by atoms with E-state index in [0.717, 1.165) is 6.16 Å². The monoisotopic (exact) mass is 218 g/mol. The first-order chi connectivity index (χ1) is 6.91. The van der Waals surface area contributed by atoms with E-state index in [1.54, 1.807) is 0 Å². The highest BCUT2D eigenvalue weighted by Gasteiger charge is 1.92. The second-order valence-electron chi connectivity index (χ2n) is 4.14. The Morgan fingerprint density at radius 2 is 1.14 bits per heavy atom. The Kier molecular flexibility index (Phi) is 13.8. The molecule has 1 atom stereocenters. The van der Waals surface area contributed by atoms with Gasteiger partial charge in [-0.05, 0) is 12.8 Å². The molecule has 1 nitrogen and oxygen atoms in total. The molecule has 2 heteroatoms. The predicted molar refractivity (Wildman–Crippen MR) is 66.4 cm³/mol. The summed E-state index contributed by atoms with van der Waals surface area (Å²) in [5.74, 6) is 0. The first-order valence-electron chi connectivity index (χ1n) is 6.35. The zero-order chi connectivity index (χ0) is 10.5. The fourth-order valence-electron chi connectivity index (χ4n) is 1.72. The minimum Gasteiger partial charge on any atom is -0.683 e. The van der Waals surface area contributed by atoms with Crippen LogP contribution in [0.25, 0.3) is 0 Å². The molecule has 0 saturated carbocycles. The van der Waals surface area contributed by atoms with Gasteiger partial charge in [-0.3, -0.25) is 0 Å². The lowest BCUT2D eigenvalue weighted by Crippen LogP contribution is -1.87. The third-order valence-electron chi connectivity index (χ3n) is 2.68. The molecule has 0 N–H and O–H groups in total. The van der Waals surface area contributed by atoms with Crippen molar-refractivity contribution < 1.29 is 4.89 Å². The highest BCUT2D eigenvalue weighted by molar-refractivity contribution is 7.29. The first-order valence-corrected chi connectivity index (χ1v) is 7.64. The largest absolute Gasteiger partial charge is 0.683 e. The first kappa shape index (κ1) is 14.4. The average molecular weight is 218 g/mol. The van der Waals surface area contributed by atoms with Crippen LogP contribution in [-0.2, 0) is 0 Å². The Labute approximate surface area is 91.5 Å². The smallest absolute Gasteiger partial charge is 0.0493 e. The molecule has 0 heterocycles. The molecule has 1 unspecified atom stereocenters. The van der Waals surface area contributed by atoms with Crippen molar-refractivity contribution in [1.82, 2.24) is 0 Å². The fraction of sp³-hybridized carbons (Fsp3) is 1.00. The maximum Gasteiger partial charge on any atom is 0.0493 e. The third kappa shape index (κ3) is 12.4. The lowest BCUT2D eigenvalue weighted by atomic mass is 10.1. The zero-order valence-corrected chi connectivity index (χ0v) is 10.9. The van der Waals surface area contributed by atoms with Crippen molar-refractivity contribution in [2.75, 3.05) is 6.16 Å². The zero-order valence-electron chi connectivity index (χ0n) is 9.76. The lowest BCUT2D eigenvalue weighted by Gasteiger charge is -2.01. The summed E-state index contributed by atoms with van der Waals surface area (Å²) >= 11 is 0. The van der Waals surface area contributed by atoms with Crippen LogP contribution in [0.4, 0.5) is 0 Å². The summed E-state index contributed by atoms with van der Waals surface area (Å²) in [6.07, 6.45) is 14.6. The molecule has 0 aliphatic heterocycles. The molecule has 0 amide bonds. The van der Waals surface area contributed by atoms with Crippen molar-refractivity contribution in [3.63, 3.8) is 0 Å². The van der Waals surface area contributed by atoms with E-state index >= 15 is 0 Å². The van der Waals surface area contributed by atoms with E-state index in [-0.39, 0.29) is 0 Å². The van der Waals surface area contributed by atoms with E-state index in [4.69, 9.17) is 0 Å². The minimum absolute atomic E-state index is 0.485. The Morgan fingerprint density at radius 3 is 1.57 bits per heavy atom. The summed E-state index contributed by atoms with van der Waals surface area (Å²) in [6.45, 7) is 2.26. The molecule has 0 radical (unpaired) electrons. The SMILES string of the molecule is CCCCCCCCCCCC[PH2+][O-]. The molecule has 0 aliphatic carbocycles. The van der Waals surface area contributed by atoms with Crippen LogP contribution in [0.1, 0.15) is 71.1 Å². The Hall–Kier alpha value is 0.390. The van der Waals surface area contributed by atoms with Gasteiger partial charge in [0, 0.05) is 6.16 Å². The van der Waals surface area contributed by atoms with Crippen LogP contribution in [0, 0.1) is 0 Å². The number of hydrogen-bond donors (Lipinski definition) is 0. The molecule has 86 valence electrons. The van der Waals surface area contributed by atoms with Crippen LogP contribution in [0.3, 0.4) is 0 Å². The van der Waals surface area contributed by atoms with Crippen molar-refractivity contribution in [3.8, 4) is 0 Å². The van der Waals surface area contributed by atoms with Crippen LogP contribution in [0.15, 0.2) is 0 Å². The van der Waals surface area contributed by atoms with E-state index in [9.17, 15) is 4.89 Å². The van der Waals surface area contributed by atoms with E-state index in [1.165, 1.54) is 64.2 Å². The lowest BCUT2D eigenvalue weighted by molar-refractivity contribution is -0.150. The van der Waals surface area contributed by atoms with Gasteiger partial charge in [-0.15, -0.1) is 0 Å². The van der Waals surface area contributed by atoms with Gasteiger partial charge in [0.15, 0.2) is 0 Å². The van der Waals surface area contributed by atoms with Gasteiger partial charge < -0.3 is 4.89 Å². The van der Waals surface area contributed by atoms with Gasteiger partial charge in [0.2, 0.25) is 0 Å². The van der Waals surface area contributed by atoms with Crippen LogP contribution < -0.4 is 4.89 Å². The van der Waals surface area contributed by atoms with Crippen LogP contribution >= 0.6 is 8.81 Å². The van der Waals surface area contributed by atoms with E-state index in [1.807, 2.05) is 0 Å². The predicted octanol–water partition coefficient (Wildman–Crippen LogP) is 3.59. The summed E-state index contributed by atoms with van der Waals surface area (Å²) in [6, 6.07) is 0. The molecule has 0 spiro atoms. The second kappa shape index (κ2) is 13.4. The topological polar surface area (TPSA) is 23.1 Å². The van der Waals surface area contributed by atoms with Crippen molar-refractivity contribution in [2.45, 2.75) is 71.1 Å². The molecule has 0 aromatic carbocycles. The Bertz CT molecular complexity index is 84.3. The molecule has 0 rings (SSSR count). The van der Waals surface area contributed by atoms with E-state index < -0.39 is 8.81 Å². The Morgan fingerprint density at radius 1 is 0.714 bits per heavy atom. The summed E-state index contributed by atoms with van der Waals surface area (Å²) in [5, 5.41) is 0. The normalized spacial score (nSPS) is 11.6. The molecular formula is C12H27OP. The van der Waals surface area contributed by atoms with Gasteiger partial charge in [-0.2, -0.15) is 0 Å². The molecule has 0 bridgehead atoms.